The van der Waals surface area contributed by atoms with E-state index in [9.17, 15) is 22.0 Å². The molecule has 1 saturated heterocycles. The lowest BCUT2D eigenvalue weighted by Gasteiger charge is -2.37. The molecule has 2 saturated carbocycles. The van der Waals surface area contributed by atoms with Crippen molar-refractivity contribution in [2.24, 2.45) is 11.3 Å². The van der Waals surface area contributed by atoms with Gasteiger partial charge in [-0.05, 0) is 69.9 Å². The Morgan fingerprint density at radius 3 is 2.44 bits per heavy atom. The third-order valence-corrected chi connectivity index (χ3v) is 10.1. The molecule has 0 aromatic heterocycles. The van der Waals surface area contributed by atoms with Crippen LogP contribution in [0.3, 0.4) is 0 Å². The second-order valence-corrected chi connectivity index (χ2v) is 12.7. The van der Waals surface area contributed by atoms with Crippen molar-refractivity contribution in [3.05, 3.63) is 34.4 Å². The van der Waals surface area contributed by atoms with E-state index in [1.807, 2.05) is 0 Å². The van der Waals surface area contributed by atoms with E-state index in [0.717, 1.165) is 12.1 Å². The number of carbonyl (C=O) groups is 1. The lowest BCUT2D eigenvalue weighted by atomic mass is 9.74. The Balaban J connectivity index is 1.63. The fraction of sp³-hybridized carbons (Fsp3) is 0.682. The number of carbonyl (C=O) groups excluding carboxylic acids is 1. The van der Waals surface area contributed by atoms with Gasteiger partial charge in [0, 0.05) is 18.7 Å². The molecule has 1 aromatic rings. The summed E-state index contributed by atoms with van der Waals surface area (Å²) in [6.07, 6.45) is 1.80. The van der Waals surface area contributed by atoms with E-state index in [1.165, 1.54) is 4.31 Å². The van der Waals surface area contributed by atoms with Gasteiger partial charge in [0.25, 0.3) is 0 Å². The smallest absolute Gasteiger partial charge is 0.224 e. The second-order valence-electron chi connectivity index (χ2n) is 9.83. The van der Waals surface area contributed by atoms with Gasteiger partial charge in [-0.1, -0.05) is 11.6 Å². The first-order valence-corrected chi connectivity index (χ1v) is 12.9. The van der Waals surface area contributed by atoms with Crippen molar-refractivity contribution in [2.75, 3.05) is 13.1 Å². The monoisotopic (exact) mass is 492 g/mol. The van der Waals surface area contributed by atoms with Crippen LogP contribution in [-0.2, 0) is 14.8 Å². The van der Waals surface area contributed by atoms with Gasteiger partial charge in [0.1, 0.15) is 17.3 Å². The van der Waals surface area contributed by atoms with Crippen LogP contribution in [0.25, 0.3) is 0 Å². The van der Waals surface area contributed by atoms with Crippen LogP contribution in [-0.4, -0.2) is 42.6 Å². The first kappa shape index (κ1) is 23.8. The summed E-state index contributed by atoms with van der Waals surface area (Å²) in [7, 11) is -3.51. The molecular formula is C22H28ClF3N2O3S. The summed E-state index contributed by atoms with van der Waals surface area (Å²) in [6, 6.07) is 1.08. The van der Waals surface area contributed by atoms with Gasteiger partial charge in [-0.25, -0.2) is 25.9 Å². The molecule has 2 bridgehead atoms. The SMILES string of the molecule is CC(C)S(=O)(=O)N1CC[C@H](C(=O)N[C@H](c2c(F)ccc(Cl)c2F)C23CCC(F)(CC2)C3)C1. The highest BCUT2D eigenvalue weighted by atomic mass is 35.5. The largest absolute Gasteiger partial charge is 0.348 e. The summed E-state index contributed by atoms with van der Waals surface area (Å²) in [5, 5.41) is 1.92. The van der Waals surface area contributed by atoms with Gasteiger partial charge in [-0.15, -0.1) is 0 Å². The summed E-state index contributed by atoms with van der Waals surface area (Å²) < 4.78 is 71.0. The fourth-order valence-corrected chi connectivity index (χ4v) is 7.15. The molecule has 1 aromatic carbocycles. The molecule has 1 aliphatic heterocycles. The van der Waals surface area contributed by atoms with Gasteiger partial charge < -0.3 is 5.32 Å². The molecule has 1 heterocycles. The standard InChI is InChI=1S/C22H28ClF3N2O3S/c1-13(2)32(30,31)28-10-5-14(11-28)20(29)27-19(17-16(24)4-3-15(23)18(17)25)21-6-8-22(26,12-21)9-7-21/h3-4,13-14,19H,5-12H2,1-2H3,(H,27,29)/t14-,19+,21?,22?/m0/s1. The van der Waals surface area contributed by atoms with Crippen molar-refractivity contribution >= 4 is 27.5 Å². The van der Waals surface area contributed by atoms with E-state index in [-0.39, 0.29) is 42.9 Å². The topological polar surface area (TPSA) is 66.5 Å². The molecule has 0 radical (unpaired) electrons. The maximum Gasteiger partial charge on any atom is 0.224 e. The quantitative estimate of drug-likeness (QED) is 0.594. The molecule has 2 aliphatic carbocycles. The average Bonchev–Trinajstić information content (AvgIpc) is 3.43. The van der Waals surface area contributed by atoms with Crippen LogP contribution in [0.15, 0.2) is 12.1 Å². The number of amides is 1. The van der Waals surface area contributed by atoms with Gasteiger partial charge in [0.05, 0.1) is 22.2 Å². The van der Waals surface area contributed by atoms with Crippen LogP contribution >= 0.6 is 11.6 Å². The highest BCUT2D eigenvalue weighted by molar-refractivity contribution is 7.89. The predicted molar refractivity (Wildman–Crippen MR) is 115 cm³/mol. The molecule has 2 atom stereocenters. The first-order chi connectivity index (χ1) is 14.9. The van der Waals surface area contributed by atoms with Crippen molar-refractivity contribution in [2.45, 2.75) is 69.3 Å². The van der Waals surface area contributed by atoms with Gasteiger partial charge >= 0.3 is 0 Å². The van der Waals surface area contributed by atoms with Crippen molar-refractivity contribution in [3.8, 4) is 0 Å². The molecule has 5 nitrogen and oxygen atoms in total. The van der Waals surface area contributed by atoms with E-state index in [2.05, 4.69) is 5.32 Å². The van der Waals surface area contributed by atoms with Crippen LogP contribution in [0.5, 0.6) is 0 Å². The zero-order chi connectivity index (χ0) is 23.5. The van der Waals surface area contributed by atoms with E-state index >= 15 is 4.39 Å². The summed E-state index contributed by atoms with van der Waals surface area (Å²) in [5.41, 5.74) is -2.54. The number of benzene rings is 1. The molecule has 0 unspecified atom stereocenters. The minimum absolute atomic E-state index is 0.0135. The van der Waals surface area contributed by atoms with E-state index in [1.54, 1.807) is 13.8 Å². The van der Waals surface area contributed by atoms with Crippen LogP contribution in [0.1, 0.15) is 64.0 Å². The first-order valence-electron chi connectivity index (χ1n) is 11.0. The van der Waals surface area contributed by atoms with Crippen LogP contribution in [0, 0.1) is 23.0 Å². The summed E-state index contributed by atoms with van der Waals surface area (Å²) >= 11 is 5.92. The Bertz CT molecular complexity index is 1030. The van der Waals surface area contributed by atoms with Crippen LogP contribution in [0.4, 0.5) is 13.2 Å². The molecule has 1 amide bonds. The minimum atomic E-state index is -3.51. The minimum Gasteiger partial charge on any atom is -0.348 e. The Labute approximate surface area is 191 Å². The highest BCUT2D eigenvalue weighted by Crippen LogP contribution is 2.63. The van der Waals surface area contributed by atoms with Crippen LogP contribution < -0.4 is 5.32 Å². The second kappa shape index (κ2) is 8.17. The van der Waals surface area contributed by atoms with Gasteiger partial charge in [-0.3, -0.25) is 4.79 Å². The highest BCUT2D eigenvalue weighted by Gasteiger charge is 2.59. The maximum absolute atomic E-state index is 15.0. The molecule has 3 fully saturated rings. The van der Waals surface area contributed by atoms with E-state index in [0.29, 0.717) is 19.3 Å². The molecule has 1 N–H and O–H groups in total. The number of fused-ring (bicyclic) bond motifs is 2. The van der Waals surface area contributed by atoms with Crippen LogP contribution in [0.2, 0.25) is 5.02 Å². The van der Waals surface area contributed by atoms with Crippen molar-refractivity contribution in [1.82, 2.24) is 9.62 Å². The molecule has 0 spiro atoms. The van der Waals surface area contributed by atoms with E-state index in [4.69, 9.17) is 11.6 Å². The van der Waals surface area contributed by atoms with Crippen molar-refractivity contribution < 1.29 is 26.4 Å². The third kappa shape index (κ3) is 3.94. The number of nitrogens with zero attached hydrogens (tertiary/aromatic N) is 1. The molecule has 4 rings (SSSR count). The number of alkyl halides is 1. The van der Waals surface area contributed by atoms with Crippen molar-refractivity contribution in [1.29, 1.82) is 0 Å². The zero-order valence-corrected chi connectivity index (χ0v) is 19.7. The normalized spacial score (nSPS) is 31.4. The lowest BCUT2D eigenvalue weighted by molar-refractivity contribution is -0.126. The fourth-order valence-electron chi connectivity index (χ4n) is 5.64. The van der Waals surface area contributed by atoms with Gasteiger partial charge in [-0.2, -0.15) is 0 Å². The number of hydrogen-bond donors (Lipinski definition) is 1. The number of halogens is 4. The van der Waals surface area contributed by atoms with Gasteiger partial charge in [0.15, 0.2) is 0 Å². The molecular weight excluding hydrogens is 465 g/mol. The number of nitrogens with one attached hydrogen (secondary N) is 1. The maximum atomic E-state index is 15.0. The zero-order valence-electron chi connectivity index (χ0n) is 18.1. The molecule has 32 heavy (non-hydrogen) atoms. The predicted octanol–water partition coefficient (Wildman–Crippen LogP) is 4.51. The third-order valence-electron chi connectivity index (χ3n) is 7.56. The average molecular weight is 493 g/mol. The van der Waals surface area contributed by atoms with Gasteiger partial charge in [0.2, 0.25) is 15.9 Å². The summed E-state index contributed by atoms with van der Waals surface area (Å²) in [6.45, 7) is 3.37. The number of rotatable bonds is 6. The Kier molecular flexibility index (Phi) is 6.08. The van der Waals surface area contributed by atoms with E-state index < -0.39 is 55.9 Å². The summed E-state index contributed by atoms with van der Waals surface area (Å²) in [4.78, 5) is 13.2. The Morgan fingerprint density at radius 2 is 1.88 bits per heavy atom. The number of sulfonamides is 1. The van der Waals surface area contributed by atoms with Crippen molar-refractivity contribution in [3.63, 3.8) is 0 Å². The lowest BCUT2D eigenvalue weighted by Crippen LogP contribution is -2.43. The Hall–Kier alpha value is -1.32. The molecule has 178 valence electrons. The summed E-state index contributed by atoms with van der Waals surface area (Å²) in [5.74, 6) is -2.92. The molecule has 3 aliphatic rings. The molecule has 10 heteroatoms. The number of hydrogen-bond acceptors (Lipinski definition) is 3. The Morgan fingerprint density at radius 1 is 1.22 bits per heavy atom.